The largest absolute Gasteiger partial charge is 0.304 e. The van der Waals surface area contributed by atoms with Crippen molar-refractivity contribution in [3.63, 3.8) is 0 Å². The van der Waals surface area contributed by atoms with Crippen molar-refractivity contribution in [2.45, 2.75) is 47.0 Å². The van der Waals surface area contributed by atoms with Crippen molar-refractivity contribution in [2.75, 3.05) is 31.1 Å². The van der Waals surface area contributed by atoms with Crippen LogP contribution in [0.15, 0.2) is 0 Å². The van der Waals surface area contributed by atoms with Crippen LogP contribution in [0.3, 0.4) is 0 Å². The average Bonchev–Trinajstić information content (AvgIpc) is 2.45. The van der Waals surface area contributed by atoms with Gasteiger partial charge in [-0.15, -0.1) is 0 Å². The highest BCUT2D eigenvalue weighted by Gasteiger charge is 2.27. The number of carbonyl (C=O) groups is 1. The molecule has 116 valence electrons. The number of fused-ring (bicyclic) bond motifs is 1. The number of rotatable bonds is 6. The van der Waals surface area contributed by atoms with Crippen molar-refractivity contribution >= 4 is 11.7 Å². The SMILES string of the molecule is CCN(CC)CCCN1C(=O)CCc2c(C)nc(C)nc21. The zero-order valence-electron chi connectivity index (χ0n) is 13.6. The zero-order chi connectivity index (χ0) is 15.4. The molecule has 1 aliphatic heterocycles. The Labute approximate surface area is 127 Å². The molecule has 0 unspecified atom stereocenters. The Balaban J connectivity index is 2.11. The first-order valence-electron chi connectivity index (χ1n) is 7.93. The summed E-state index contributed by atoms with van der Waals surface area (Å²) in [6.45, 7) is 12.1. The van der Waals surface area contributed by atoms with Gasteiger partial charge in [0.1, 0.15) is 11.6 Å². The van der Waals surface area contributed by atoms with E-state index in [-0.39, 0.29) is 5.91 Å². The maximum Gasteiger partial charge on any atom is 0.228 e. The molecule has 5 heteroatoms. The van der Waals surface area contributed by atoms with E-state index in [1.165, 1.54) is 0 Å². The van der Waals surface area contributed by atoms with Crippen molar-refractivity contribution in [1.82, 2.24) is 14.9 Å². The summed E-state index contributed by atoms with van der Waals surface area (Å²) in [4.78, 5) is 25.4. The van der Waals surface area contributed by atoms with Crippen molar-refractivity contribution in [3.8, 4) is 0 Å². The molecule has 0 aliphatic carbocycles. The van der Waals surface area contributed by atoms with Gasteiger partial charge in [-0.3, -0.25) is 9.69 Å². The summed E-state index contributed by atoms with van der Waals surface area (Å²) in [7, 11) is 0. The first kappa shape index (κ1) is 15.9. The van der Waals surface area contributed by atoms with E-state index >= 15 is 0 Å². The van der Waals surface area contributed by atoms with Gasteiger partial charge in [0.15, 0.2) is 0 Å². The standard InChI is InChI=1S/C16H26N4O/c1-5-19(6-2)10-7-11-20-15(21)9-8-14-12(3)17-13(4)18-16(14)20/h5-11H2,1-4H3. The molecule has 5 nitrogen and oxygen atoms in total. The molecule has 1 aromatic heterocycles. The van der Waals surface area contributed by atoms with Gasteiger partial charge in [0.2, 0.25) is 5.91 Å². The quantitative estimate of drug-likeness (QED) is 0.805. The molecule has 0 saturated carbocycles. The van der Waals surface area contributed by atoms with E-state index in [2.05, 4.69) is 28.7 Å². The molecule has 1 aliphatic rings. The summed E-state index contributed by atoms with van der Waals surface area (Å²) in [6.07, 6.45) is 2.33. The van der Waals surface area contributed by atoms with Gasteiger partial charge in [-0.05, 0) is 46.3 Å². The third-order valence-electron chi connectivity index (χ3n) is 4.20. The minimum absolute atomic E-state index is 0.194. The molecule has 0 radical (unpaired) electrons. The molecule has 0 saturated heterocycles. The summed E-state index contributed by atoms with van der Waals surface area (Å²) in [5, 5.41) is 0. The third kappa shape index (κ3) is 3.59. The Morgan fingerprint density at radius 1 is 1.14 bits per heavy atom. The van der Waals surface area contributed by atoms with E-state index in [1.54, 1.807) is 0 Å². The van der Waals surface area contributed by atoms with Crippen molar-refractivity contribution < 1.29 is 4.79 Å². The van der Waals surface area contributed by atoms with Gasteiger partial charge in [-0.2, -0.15) is 0 Å². The van der Waals surface area contributed by atoms with Crippen LogP contribution >= 0.6 is 0 Å². The highest BCUT2D eigenvalue weighted by molar-refractivity contribution is 5.95. The first-order chi connectivity index (χ1) is 10.1. The number of aromatic nitrogens is 2. The number of hydrogen-bond donors (Lipinski definition) is 0. The van der Waals surface area contributed by atoms with Gasteiger partial charge in [0.25, 0.3) is 0 Å². The molecule has 1 aromatic rings. The molecule has 0 fully saturated rings. The van der Waals surface area contributed by atoms with E-state index in [1.807, 2.05) is 18.7 Å². The predicted molar refractivity (Wildman–Crippen MR) is 84.6 cm³/mol. The lowest BCUT2D eigenvalue weighted by molar-refractivity contribution is -0.119. The third-order valence-corrected chi connectivity index (χ3v) is 4.20. The molecule has 0 atom stereocenters. The average molecular weight is 290 g/mol. The van der Waals surface area contributed by atoms with Crippen LogP contribution in [-0.2, 0) is 11.2 Å². The molecule has 0 N–H and O–H groups in total. The van der Waals surface area contributed by atoms with Crippen LogP contribution in [0.2, 0.25) is 0 Å². The maximum atomic E-state index is 12.2. The summed E-state index contributed by atoms with van der Waals surface area (Å²) in [5.41, 5.74) is 2.15. The lowest BCUT2D eigenvalue weighted by atomic mass is 10.0. The van der Waals surface area contributed by atoms with Gasteiger partial charge in [-0.1, -0.05) is 13.8 Å². The highest BCUT2D eigenvalue weighted by Crippen LogP contribution is 2.27. The second kappa shape index (κ2) is 6.98. The Bertz CT molecular complexity index is 511. The van der Waals surface area contributed by atoms with Crippen molar-refractivity contribution in [1.29, 1.82) is 0 Å². The Morgan fingerprint density at radius 2 is 1.86 bits per heavy atom. The normalized spacial score (nSPS) is 14.7. The fourth-order valence-corrected chi connectivity index (χ4v) is 2.94. The summed E-state index contributed by atoms with van der Waals surface area (Å²) in [6, 6.07) is 0. The minimum atomic E-state index is 0.194. The molecule has 0 spiro atoms. The zero-order valence-corrected chi connectivity index (χ0v) is 13.6. The number of nitrogens with zero attached hydrogens (tertiary/aromatic N) is 4. The molecule has 2 rings (SSSR count). The monoisotopic (exact) mass is 290 g/mol. The number of carbonyl (C=O) groups excluding carboxylic acids is 1. The van der Waals surface area contributed by atoms with Crippen LogP contribution in [-0.4, -0.2) is 47.0 Å². The van der Waals surface area contributed by atoms with E-state index < -0.39 is 0 Å². The minimum Gasteiger partial charge on any atom is -0.304 e. The van der Waals surface area contributed by atoms with Crippen molar-refractivity contribution in [2.24, 2.45) is 0 Å². The fourth-order valence-electron chi connectivity index (χ4n) is 2.94. The molecule has 1 amide bonds. The van der Waals surface area contributed by atoms with Gasteiger partial charge in [-0.25, -0.2) is 9.97 Å². The van der Waals surface area contributed by atoms with Crippen LogP contribution in [0.25, 0.3) is 0 Å². The fraction of sp³-hybridized carbons (Fsp3) is 0.688. The smallest absolute Gasteiger partial charge is 0.228 e. The van der Waals surface area contributed by atoms with Gasteiger partial charge in [0, 0.05) is 24.2 Å². The lowest BCUT2D eigenvalue weighted by Crippen LogP contribution is -2.38. The van der Waals surface area contributed by atoms with Crippen LogP contribution in [0, 0.1) is 13.8 Å². The van der Waals surface area contributed by atoms with E-state index in [0.29, 0.717) is 6.42 Å². The summed E-state index contributed by atoms with van der Waals surface area (Å²) < 4.78 is 0. The molecule has 2 heterocycles. The van der Waals surface area contributed by atoms with Crippen LogP contribution in [0.4, 0.5) is 5.82 Å². The van der Waals surface area contributed by atoms with Crippen LogP contribution in [0.5, 0.6) is 0 Å². The Morgan fingerprint density at radius 3 is 2.52 bits per heavy atom. The van der Waals surface area contributed by atoms with Gasteiger partial charge in [0.05, 0.1) is 0 Å². The summed E-state index contributed by atoms with van der Waals surface area (Å²) in [5.74, 6) is 1.78. The van der Waals surface area contributed by atoms with E-state index in [0.717, 1.165) is 61.9 Å². The Kier molecular flexibility index (Phi) is 5.28. The molecule has 0 aromatic carbocycles. The molecular weight excluding hydrogens is 264 g/mol. The number of aryl methyl sites for hydroxylation is 2. The van der Waals surface area contributed by atoms with Gasteiger partial charge >= 0.3 is 0 Å². The second-order valence-electron chi connectivity index (χ2n) is 5.58. The lowest BCUT2D eigenvalue weighted by Gasteiger charge is -2.30. The van der Waals surface area contributed by atoms with Crippen LogP contribution in [0.1, 0.15) is 43.8 Å². The van der Waals surface area contributed by atoms with Crippen LogP contribution < -0.4 is 4.90 Å². The highest BCUT2D eigenvalue weighted by atomic mass is 16.2. The first-order valence-corrected chi connectivity index (χ1v) is 7.93. The number of hydrogen-bond acceptors (Lipinski definition) is 4. The molecule has 21 heavy (non-hydrogen) atoms. The van der Waals surface area contributed by atoms with E-state index in [4.69, 9.17) is 0 Å². The van der Waals surface area contributed by atoms with Crippen molar-refractivity contribution in [3.05, 3.63) is 17.1 Å². The second-order valence-corrected chi connectivity index (χ2v) is 5.58. The maximum absolute atomic E-state index is 12.2. The molecular formula is C16H26N4O. The van der Waals surface area contributed by atoms with Gasteiger partial charge < -0.3 is 4.90 Å². The topological polar surface area (TPSA) is 49.3 Å². The Hall–Kier alpha value is -1.49. The number of anilines is 1. The predicted octanol–water partition coefficient (Wildman–Crippen LogP) is 2.10. The molecule has 0 bridgehead atoms. The number of amides is 1. The summed E-state index contributed by atoms with van der Waals surface area (Å²) >= 11 is 0. The van der Waals surface area contributed by atoms with E-state index in [9.17, 15) is 4.79 Å².